The zero-order valence-electron chi connectivity index (χ0n) is 14.5. The number of para-hydroxylation sites is 1. The Hall–Kier alpha value is -2.62. The molecule has 0 radical (unpaired) electrons. The number of hydrogen-bond donors (Lipinski definition) is 1. The van der Waals surface area contributed by atoms with Crippen molar-refractivity contribution >= 4 is 12.1 Å². The van der Waals surface area contributed by atoms with E-state index in [4.69, 9.17) is 4.74 Å². The molecule has 4 heteroatoms. The molecule has 0 fully saturated rings. The summed E-state index contributed by atoms with van der Waals surface area (Å²) in [5.74, 6) is 0.868. The first-order valence-electron chi connectivity index (χ1n) is 8.21. The largest absolute Gasteiger partial charge is 0.483 e. The highest BCUT2D eigenvalue weighted by Crippen LogP contribution is 2.28. The zero-order chi connectivity index (χ0) is 17.4. The number of carbonyl (C=O) groups is 1. The first-order chi connectivity index (χ1) is 11.6. The van der Waals surface area contributed by atoms with Crippen LogP contribution in [0.15, 0.2) is 53.6 Å². The maximum atomic E-state index is 11.9. The minimum atomic E-state index is -0.279. The van der Waals surface area contributed by atoms with Crippen molar-refractivity contribution in [1.29, 1.82) is 0 Å². The van der Waals surface area contributed by atoms with Crippen LogP contribution in [0.25, 0.3) is 0 Å². The minimum Gasteiger partial charge on any atom is -0.483 e. The van der Waals surface area contributed by atoms with Crippen LogP contribution in [0.3, 0.4) is 0 Å². The van der Waals surface area contributed by atoms with E-state index < -0.39 is 0 Å². The standard InChI is InChI=1S/C20H24N2O2/c1-4-15(2)18-11-7-8-12-19(18)24-14-20(23)22-21-13-17-10-6-5-9-16(17)3/h5-13,15H,4,14H2,1-3H3,(H,22,23)/b21-13+. The second kappa shape index (κ2) is 8.87. The van der Waals surface area contributed by atoms with Crippen LogP contribution in [0.2, 0.25) is 0 Å². The highest BCUT2D eigenvalue weighted by molar-refractivity contribution is 5.84. The van der Waals surface area contributed by atoms with Crippen LogP contribution in [0.5, 0.6) is 5.75 Å². The Kier molecular flexibility index (Phi) is 6.55. The molecule has 1 amide bonds. The van der Waals surface area contributed by atoms with E-state index in [1.54, 1.807) is 6.21 Å². The normalized spacial score (nSPS) is 12.1. The van der Waals surface area contributed by atoms with Crippen LogP contribution in [-0.2, 0) is 4.79 Å². The molecule has 0 heterocycles. The van der Waals surface area contributed by atoms with Crippen LogP contribution in [0.1, 0.15) is 42.9 Å². The fourth-order valence-corrected chi connectivity index (χ4v) is 2.32. The van der Waals surface area contributed by atoms with Crippen LogP contribution >= 0.6 is 0 Å². The second-order valence-corrected chi connectivity index (χ2v) is 5.79. The van der Waals surface area contributed by atoms with E-state index in [0.29, 0.717) is 5.92 Å². The molecule has 0 spiro atoms. The topological polar surface area (TPSA) is 50.7 Å². The Balaban J connectivity index is 1.89. The summed E-state index contributed by atoms with van der Waals surface area (Å²) in [6, 6.07) is 15.7. The van der Waals surface area contributed by atoms with E-state index in [-0.39, 0.29) is 12.5 Å². The lowest BCUT2D eigenvalue weighted by molar-refractivity contribution is -0.123. The van der Waals surface area contributed by atoms with Gasteiger partial charge in [-0.15, -0.1) is 0 Å². The highest BCUT2D eigenvalue weighted by atomic mass is 16.5. The molecule has 1 N–H and O–H groups in total. The number of ether oxygens (including phenoxy) is 1. The van der Waals surface area contributed by atoms with Gasteiger partial charge in [-0.2, -0.15) is 5.10 Å². The number of hydrazone groups is 1. The number of carbonyl (C=O) groups excluding carboxylic acids is 1. The SMILES string of the molecule is CCC(C)c1ccccc1OCC(=O)N/N=C/c1ccccc1C. The molecule has 24 heavy (non-hydrogen) atoms. The summed E-state index contributed by atoms with van der Waals surface area (Å²) in [6.07, 6.45) is 2.66. The first kappa shape index (κ1) is 17.7. The summed E-state index contributed by atoms with van der Waals surface area (Å²) in [5.41, 5.74) is 5.70. The van der Waals surface area contributed by atoms with Gasteiger partial charge in [-0.1, -0.05) is 56.3 Å². The van der Waals surface area contributed by atoms with Gasteiger partial charge in [0.1, 0.15) is 5.75 Å². The van der Waals surface area contributed by atoms with Crippen molar-refractivity contribution in [3.8, 4) is 5.75 Å². The van der Waals surface area contributed by atoms with Crippen molar-refractivity contribution in [3.05, 3.63) is 65.2 Å². The smallest absolute Gasteiger partial charge is 0.277 e. The van der Waals surface area contributed by atoms with Crippen molar-refractivity contribution in [1.82, 2.24) is 5.43 Å². The van der Waals surface area contributed by atoms with Crippen molar-refractivity contribution < 1.29 is 9.53 Å². The number of aryl methyl sites for hydroxylation is 1. The molecule has 0 aliphatic rings. The van der Waals surface area contributed by atoms with Crippen molar-refractivity contribution in [2.24, 2.45) is 5.10 Å². The maximum Gasteiger partial charge on any atom is 0.277 e. The molecule has 4 nitrogen and oxygen atoms in total. The van der Waals surface area contributed by atoms with Gasteiger partial charge in [0.05, 0.1) is 6.21 Å². The molecule has 0 aliphatic carbocycles. The van der Waals surface area contributed by atoms with Crippen molar-refractivity contribution in [3.63, 3.8) is 0 Å². The Morgan fingerprint density at radius 1 is 1.21 bits per heavy atom. The summed E-state index contributed by atoms with van der Waals surface area (Å²) >= 11 is 0. The molecule has 0 aliphatic heterocycles. The third-order valence-electron chi connectivity index (χ3n) is 4.00. The maximum absolute atomic E-state index is 11.9. The Labute approximate surface area is 143 Å². The number of hydrogen-bond acceptors (Lipinski definition) is 3. The molecule has 2 aromatic carbocycles. The summed E-state index contributed by atoms with van der Waals surface area (Å²) in [4.78, 5) is 11.9. The molecule has 1 atom stereocenters. The first-order valence-corrected chi connectivity index (χ1v) is 8.21. The van der Waals surface area contributed by atoms with Crippen LogP contribution in [0.4, 0.5) is 0 Å². The molecule has 2 rings (SSSR count). The third kappa shape index (κ3) is 4.95. The number of amides is 1. The number of nitrogens with zero attached hydrogens (tertiary/aromatic N) is 1. The van der Waals surface area contributed by atoms with Gasteiger partial charge in [0.2, 0.25) is 0 Å². The van der Waals surface area contributed by atoms with Gasteiger partial charge in [0.25, 0.3) is 5.91 Å². The second-order valence-electron chi connectivity index (χ2n) is 5.79. The van der Waals surface area contributed by atoms with Crippen LogP contribution < -0.4 is 10.2 Å². The van der Waals surface area contributed by atoms with E-state index >= 15 is 0 Å². The van der Waals surface area contributed by atoms with Crippen molar-refractivity contribution in [2.75, 3.05) is 6.61 Å². The van der Waals surface area contributed by atoms with E-state index in [9.17, 15) is 4.79 Å². The predicted octanol–water partition coefficient (Wildman–Crippen LogP) is 4.04. The summed E-state index contributed by atoms with van der Waals surface area (Å²) in [7, 11) is 0. The lowest BCUT2D eigenvalue weighted by Gasteiger charge is -2.15. The van der Waals surface area contributed by atoms with Crippen molar-refractivity contribution in [2.45, 2.75) is 33.1 Å². The Bertz CT molecular complexity index is 710. The molecular formula is C20H24N2O2. The molecule has 2 aromatic rings. The predicted molar refractivity (Wildman–Crippen MR) is 97.6 cm³/mol. The highest BCUT2D eigenvalue weighted by Gasteiger charge is 2.10. The number of rotatable bonds is 7. The summed E-state index contributed by atoms with van der Waals surface area (Å²) < 4.78 is 5.66. The van der Waals surface area contributed by atoms with E-state index in [1.165, 1.54) is 0 Å². The van der Waals surface area contributed by atoms with Crippen LogP contribution in [0, 0.1) is 6.92 Å². The molecule has 126 valence electrons. The summed E-state index contributed by atoms with van der Waals surface area (Å²) in [5, 5.41) is 3.98. The third-order valence-corrected chi connectivity index (χ3v) is 4.00. The molecule has 0 aromatic heterocycles. The molecule has 0 bridgehead atoms. The van der Waals surface area contributed by atoms with Gasteiger partial charge < -0.3 is 4.74 Å². The fourth-order valence-electron chi connectivity index (χ4n) is 2.32. The van der Waals surface area contributed by atoms with Crippen LogP contribution in [-0.4, -0.2) is 18.7 Å². The van der Waals surface area contributed by atoms with Gasteiger partial charge in [0, 0.05) is 0 Å². The minimum absolute atomic E-state index is 0.0570. The molecule has 1 unspecified atom stereocenters. The lowest BCUT2D eigenvalue weighted by Crippen LogP contribution is -2.25. The van der Waals surface area contributed by atoms with Gasteiger partial charge in [-0.05, 0) is 42.0 Å². The van der Waals surface area contributed by atoms with E-state index in [1.807, 2.05) is 55.5 Å². The van der Waals surface area contributed by atoms with E-state index in [2.05, 4.69) is 24.4 Å². The number of nitrogens with one attached hydrogen (secondary N) is 1. The average molecular weight is 324 g/mol. The zero-order valence-corrected chi connectivity index (χ0v) is 14.5. The average Bonchev–Trinajstić information content (AvgIpc) is 2.61. The van der Waals surface area contributed by atoms with Gasteiger partial charge >= 0.3 is 0 Å². The van der Waals surface area contributed by atoms with Gasteiger partial charge in [0.15, 0.2) is 6.61 Å². The lowest BCUT2D eigenvalue weighted by atomic mass is 9.98. The molecule has 0 saturated carbocycles. The van der Waals surface area contributed by atoms with Gasteiger partial charge in [-0.25, -0.2) is 5.43 Å². The monoisotopic (exact) mass is 324 g/mol. The quantitative estimate of drug-likeness (QED) is 0.617. The molecular weight excluding hydrogens is 300 g/mol. The summed E-state index contributed by atoms with van der Waals surface area (Å²) in [6.45, 7) is 6.22. The Morgan fingerprint density at radius 3 is 2.67 bits per heavy atom. The Morgan fingerprint density at radius 2 is 1.92 bits per heavy atom. The van der Waals surface area contributed by atoms with Gasteiger partial charge in [-0.3, -0.25) is 4.79 Å². The number of benzene rings is 2. The molecule has 0 saturated heterocycles. The fraction of sp³-hybridized carbons (Fsp3) is 0.300. The van der Waals surface area contributed by atoms with E-state index in [0.717, 1.165) is 28.9 Å².